The lowest BCUT2D eigenvalue weighted by atomic mass is 10.0. The van der Waals surface area contributed by atoms with E-state index in [0.29, 0.717) is 6.04 Å². The minimum Gasteiger partial charge on any atom is -0.271 e. The van der Waals surface area contributed by atoms with Crippen molar-refractivity contribution in [1.29, 1.82) is 0 Å². The van der Waals surface area contributed by atoms with E-state index in [4.69, 9.17) is 5.84 Å². The van der Waals surface area contributed by atoms with E-state index in [0.717, 1.165) is 11.2 Å². The largest absolute Gasteiger partial charge is 0.271 e. The molecule has 0 spiro atoms. The summed E-state index contributed by atoms with van der Waals surface area (Å²) in [4.78, 5) is 0. The van der Waals surface area contributed by atoms with Gasteiger partial charge in [-0.15, -0.1) is 0 Å². The fourth-order valence-electron chi connectivity index (χ4n) is 2.32. The van der Waals surface area contributed by atoms with E-state index >= 15 is 0 Å². The van der Waals surface area contributed by atoms with Crippen LogP contribution in [0.2, 0.25) is 0 Å². The van der Waals surface area contributed by atoms with Crippen LogP contribution in [0.5, 0.6) is 0 Å². The van der Waals surface area contributed by atoms with Gasteiger partial charge in [0.25, 0.3) is 0 Å². The number of hydrogen-bond acceptors (Lipinski definition) is 3. The monoisotopic (exact) mass is 244 g/mol. The summed E-state index contributed by atoms with van der Waals surface area (Å²) in [7, 11) is 0. The molecule has 1 aliphatic carbocycles. The van der Waals surface area contributed by atoms with Gasteiger partial charge in [0, 0.05) is 17.0 Å². The van der Waals surface area contributed by atoms with Gasteiger partial charge >= 0.3 is 0 Å². The van der Waals surface area contributed by atoms with Gasteiger partial charge in [0.05, 0.1) is 0 Å². The minimum atomic E-state index is 0.502. The maximum Gasteiger partial charge on any atom is 0.0303 e. The normalized spacial score (nSPS) is 21.9. The molecule has 1 rings (SSSR count). The lowest BCUT2D eigenvalue weighted by Crippen LogP contribution is -2.38. The zero-order chi connectivity index (χ0) is 11.8. The van der Waals surface area contributed by atoms with Gasteiger partial charge in [-0.05, 0) is 25.2 Å². The maximum absolute atomic E-state index is 5.63. The fraction of sp³-hybridized carbons (Fsp3) is 1.00. The van der Waals surface area contributed by atoms with E-state index in [9.17, 15) is 0 Å². The van der Waals surface area contributed by atoms with Crippen LogP contribution in [0.1, 0.15) is 58.8 Å². The SMILES string of the molecule is CCC(C)CC(CSC1CCCCC1)NN. The fourth-order valence-corrected chi connectivity index (χ4v) is 3.72. The van der Waals surface area contributed by atoms with Crippen molar-refractivity contribution < 1.29 is 0 Å². The van der Waals surface area contributed by atoms with E-state index in [1.165, 1.54) is 50.7 Å². The van der Waals surface area contributed by atoms with Gasteiger partial charge in [0.1, 0.15) is 0 Å². The van der Waals surface area contributed by atoms with Crippen LogP contribution in [-0.2, 0) is 0 Å². The predicted octanol–water partition coefficient (Wildman–Crippen LogP) is 3.32. The molecule has 0 heterocycles. The Hall–Kier alpha value is 0.270. The average Bonchev–Trinajstić information content (AvgIpc) is 2.35. The Kier molecular flexibility index (Phi) is 7.50. The second kappa shape index (κ2) is 8.37. The molecule has 0 bridgehead atoms. The molecule has 0 saturated heterocycles. The van der Waals surface area contributed by atoms with Crippen LogP contribution >= 0.6 is 11.8 Å². The molecule has 0 amide bonds. The maximum atomic E-state index is 5.63. The second-order valence-corrected chi connectivity index (χ2v) is 6.54. The quantitative estimate of drug-likeness (QED) is 0.533. The second-order valence-electron chi connectivity index (χ2n) is 5.21. The number of rotatable bonds is 7. The van der Waals surface area contributed by atoms with Crippen LogP contribution < -0.4 is 11.3 Å². The Morgan fingerprint density at radius 2 is 2.00 bits per heavy atom. The third kappa shape index (κ3) is 5.55. The number of hydrazine groups is 1. The Balaban J connectivity index is 2.16. The Labute approximate surface area is 105 Å². The third-order valence-electron chi connectivity index (χ3n) is 3.70. The van der Waals surface area contributed by atoms with Gasteiger partial charge in [-0.1, -0.05) is 39.5 Å². The van der Waals surface area contributed by atoms with Gasteiger partial charge in [-0.2, -0.15) is 11.8 Å². The van der Waals surface area contributed by atoms with Crippen LogP contribution in [-0.4, -0.2) is 17.0 Å². The summed E-state index contributed by atoms with van der Waals surface area (Å²) < 4.78 is 0. The van der Waals surface area contributed by atoms with Crippen LogP contribution in [0.3, 0.4) is 0 Å². The standard InChI is InChI=1S/C13H28N2S/c1-3-11(2)9-12(15-14)10-16-13-7-5-4-6-8-13/h11-13,15H,3-10,14H2,1-2H3. The molecule has 2 unspecified atom stereocenters. The molecule has 16 heavy (non-hydrogen) atoms. The number of nitrogens with two attached hydrogens (primary N) is 1. The highest BCUT2D eigenvalue weighted by Crippen LogP contribution is 2.29. The van der Waals surface area contributed by atoms with Crippen molar-refractivity contribution in [2.75, 3.05) is 5.75 Å². The first-order valence-electron chi connectivity index (χ1n) is 6.84. The highest BCUT2D eigenvalue weighted by molar-refractivity contribution is 7.99. The van der Waals surface area contributed by atoms with Gasteiger partial charge in [0.2, 0.25) is 0 Å². The molecule has 0 aromatic heterocycles. The average molecular weight is 244 g/mol. The van der Waals surface area contributed by atoms with Gasteiger partial charge < -0.3 is 0 Å². The van der Waals surface area contributed by atoms with Gasteiger partial charge in [-0.3, -0.25) is 11.3 Å². The van der Waals surface area contributed by atoms with Crippen LogP contribution in [0, 0.1) is 5.92 Å². The summed E-state index contributed by atoms with van der Waals surface area (Å²) in [5.74, 6) is 7.60. The minimum absolute atomic E-state index is 0.502. The highest BCUT2D eigenvalue weighted by atomic mass is 32.2. The zero-order valence-corrected chi connectivity index (χ0v) is 11.7. The van der Waals surface area contributed by atoms with Gasteiger partial charge in [0.15, 0.2) is 0 Å². The van der Waals surface area contributed by atoms with Crippen molar-refractivity contribution in [2.24, 2.45) is 11.8 Å². The smallest absolute Gasteiger partial charge is 0.0303 e. The zero-order valence-electron chi connectivity index (χ0n) is 10.9. The molecular weight excluding hydrogens is 216 g/mol. The van der Waals surface area contributed by atoms with Crippen molar-refractivity contribution in [2.45, 2.75) is 70.1 Å². The first-order valence-corrected chi connectivity index (χ1v) is 7.88. The van der Waals surface area contributed by atoms with E-state index in [1.807, 2.05) is 0 Å². The molecule has 96 valence electrons. The molecular formula is C13H28N2S. The van der Waals surface area contributed by atoms with Crippen molar-refractivity contribution in [1.82, 2.24) is 5.43 Å². The van der Waals surface area contributed by atoms with Crippen LogP contribution in [0.25, 0.3) is 0 Å². The van der Waals surface area contributed by atoms with Crippen molar-refractivity contribution >= 4 is 11.8 Å². The van der Waals surface area contributed by atoms with Crippen molar-refractivity contribution in [3.8, 4) is 0 Å². The Bertz CT molecular complexity index is 169. The number of nitrogens with one attached hydrogen (secondary N) is 1. The molecule has 2 nitrogen and oxygen atoms in total. The summed E-state index contributed by atoms with van der Waals surface area (Å²) in [5.41, 5.74) is 2.99. The molecule has 2 atom stereocenters. The van der Waals surface area contributed by atoms with Crippen molar-refractivity contribution in [3.63, 3.8) is 0 Å². The summed E-state index contributed by atoms with van der Waals surface area (Å²) in [6.45, 7) is 4.57. The molecule has 0 aromatic rings. The Morgan fingerprint density at radius 3 is 2.56 bits per heavy atom. The third-order valence-corrected chi connectivity index (χ3v) is 5.24. The van der Waals surface area contributed by atoms with Gasteiger partial charge in [-0.25, -0.2) is 0 Å². The summed E-state index contributed by atoms with van der Waals surface area (Å²) in [6.07, 6.45) is 9.63. The molecule has 3 heteroatoms. The van der Waals surface area contributed by atoms with E-state index in [-0.39, 0.29) is 0 Å². The van der Waals surface area contributed by atoms with Crippen LogP contribution in [0.4, 0.5) is 0 Å². The molecule has 1 fully saturated rings. The molecule has 1 saturated carbocycles. The summed E-state index contributed by atoms with van der Waals surface area (Å²) in [5, 5.41) is 0.904. The lowest BCUT2D eigenvalue weighted by molar-refractivity contribution is 0.422. The van der Waals surface area contributed by atoms with Crippen molar-refractivity contribution in [3.05, 3.63) is 0 Å². The number of thioether (sulfide) groups is 1. The lowest BCUT2D eigenvalue weighted by Gasteiger charge is -2.24. The molecule has 1 aliphatic rings. The summed E-state index contributed by atoms with van der Waals surface area (Å²) in [6, 6.07) is 0.502. The Morgan fingerprint density at radius 1 is 1.31 bits per heavy atom. The first-order chi connectivity index (χ1) is 7.76. The highest BCUT2D eigenvalue weighted by Gasteiger charge is 2.17. The first kappa shape index (κ1) is 14.3. The van der Waals surface area contributed by atoms with E-state index in [1.54, 1.807) is 0 Å². The predicted molar refractivity (Wildman–Crippen MR) is 74.5 cm³/mol. The molecule has 0 aromatic carbocycles. The molecule has 0 aliphatic heterocycles. The topological polar surface area (TPSA) is 38.0 Å². The molecule has 0 radical (unpaired) electrons. The molecule has 3 N–H and O–H groups in total. The summed E-state index contributed by atoms with van der Waals surface area (Å²) >= 11 is 2.14. The van der Waals surface area contributed by atoms with Crippen LogP contribution in [0.15, 0.2) is 0 Å². The van der Waals surface area contributed by atoms with E-state index < -0.39 is 0 Å². The number of hydrogen-bond donors (Lipinski definition) is 2. The van der Waals surface area contributed by atoms with E-state index in [2.05, 4.69) is 31.0 Å².